The number of amides is 1. The van der Waals surface area contributed by atoms with Crippen LogP contribution in [0.2, 0.25) is 0 Å². The van der Waals surface area contributed by atoms with Crippen molar-refractivity contribution in [3.8, 4) is 0 Å². The van der Waals surface area contributed by atoms with Gasteiger partial charge in [0.15, 0.2) is 0 Å². The largest absolute Gasteiger partial charge is 0.372 e. The normalized spacial score (nSPS) is 23.7. The van der Waals surface area contributed by atoms with E-state index in [9.17, 15) is 4.79 Å². The molecule has 1 aromatic heterocycles. The number of morpholine rings is 1. The summed E-state index contributed by atoms with van der Waals surface area (Å²) in [4.78, 5) is 15.1. The highest BCUT2D eigenvalue weighted by molar-refractivity contribution is 5.95. The molecular formula is C20H25N3O2. The molecule has 2 aliphatic rings. The molecule has 2 atom stereocenters. The SMILES string of the molecule is C[C@H]1CN(C(=O)c2cnn(Cc3ccccc3)c2C2CC2)C[C@H](C)O1. The van der Waals surface area contributed by atoms with Crippen LogP contribution in [0.25, 0.3) is 0 Å². The molecule has 1 saturated heterocycles. The molecule has 1 aliphatic carbocycles. The third-order valence-electron chi connectivity index (χ3n) is 4.96. The van der Waals surface area contributed by atoms with Crippen molar-refractivity contribution in [2.75, 3.05) is 13.1 Å². The smallest absolute Gasteiger partial charge is 0.257 e. The number of benzene rings is 1. The van der Waals surface area contributed by atoms with E-state index < -0.39 is 0 Å². The molecule has 5 nitrogen and oxygen atoms in total. The van der Waals surface area contributed by atoms with Crippen molar-refractivity contribution < 1.29 is 9.53 Å². The van der Waals surface area contributed by atoms with Crippen molar-refractivity contribution >= 4 is 5.91 Å². The number of ether oxygens (including phenoxy) is 1. The average molecular weight is 339 g/mol. The number of rotatable bonds is 4. The first-order valence-electron chi connectivity index (χ1n) is 9.16. The third kappa shape index (κ3) is 3.47. The van der Waals surface area contributed by atoms with Crippen LogP contribution in [0, 0.1) is 0 Å². The molecule has 0 N–H and O–H groups in total. The minimum atomic E-state index is 0.0800. The molecule has 0 radical (unpaired) electrons. The highest BCUT2D eigenvalue weighted by atomic mass is 16.5. The summed E-state index contributed by atoms with van der Waals surface area (Å²) < 4.78 is 7.78. The van der Waals surface area contributed by atoms with E-state index in [0.29, 0.717) is 19.0 Å². The molecule has 132 valence electrons. The molecule has 0 bridgehead atoms. The lowest BCUT2D eigenvalue weighted by atomic mass is 10.1. The second kappa shape index (κ2) is 6.64. The summed E-state index contributed by atoms with van der Waals surface area (Å²) in [7, 11) is 0. The molecule has 0 unspecified atom stereocenters. The Hall–Kier alpha value is -2.14. The zero-order valence-corrected chi connectivity index (χ0v) is 14.9. The van der Waals surface area contributed by atoms with Crippen LogP contribution in [0.15, 0.2) is 36.5 Å². The standard InChI is InChI=1S/C20H25N3O2/c1-14-11-22(12-15(2)25-14)20(24)18-10-21-23(19(18)17-8-9-17)13-16-6-4-3-5-7-16/h3-7,10,14-15,17H,8-9,11-13H2,1-2H3/t14-,15-/m0/s1. The van der Waals surface area contributed by atoms with Crippen LogP contribution < -0.4 is 0 Å². The molecule has 2 aromatic rings. The molecule has 2 heterocycles. The zero-order chi connectivity index (χ0) is 17.4. The summed E-state index contributed by atoms with van der Waals surface area (Å²) in [6.45, 7) is 6.07. The quantitative estimate of drug-likeness (QED) is 0.860. The van der Waals surface area contributed by atoms with Gasteiger partial charge in [0.2, 0.25) is 0 Å². The number of aromatic nitrogens is 2. The van der Waals surface area contributed by atoms with Crippen LogP contribution in [0.4, 0.5) is 0 Å². The van der Waals surface area contributed by atoms with Crippen molar-refractivity contribution in [1.29, 1.82) is 0 Å². The summed E-state index contributed by atoms with van der Waals surface area (Å²) in [5, 5.41) is 4.56. The van der Waals surface area contributed by atoms with Crippen molar-refractivity contribution in [3.63, 3.8) is 0 Å². The number of carbonyl (C=O) groups excluding carboxylic acids is 1. The van der Waals surface area contributed by atoms with Gasteiger partial charge in [-0.2, -0.15) is 5.10 Å². The molecule has 4 rings (SSSR count). The van der Waals surface area contributed by atoms with E-state index in [1.165, 1.54) is 5.56 Å². The van der Waals surface area contributed by atoms with Gasteiger partial charge in [0.25, 0.3) is 5.91 Å². The van der Waals surface area contributed by atoms with Gasteiger partial charge in [-0.1, -0.05) is 30.3 Å². The fourth-order valence-corrected chi connectivity index (χ4v) is 3.74. The molecule has 5 heteroatoms. The third-order valence-corrected chi connectivity index (χ3v) is 4.96. The Morgan fingerprint density at radius 3 is 2.48 bits per heavy atom. The number of carbonyl (C=O) groups is 1. The number of nitrogens with zero attached hydrogens (tertiary/aromatic N) is 3. The highest BCUT2D eigenvalue weighted by Crippen LogP contribution is 2.42. The van der Waals surface area contributed by atoms with Crippen LogP contribution in [0.3, 0.4) is 0 Å². The monoisotopic (exact) mass is 339 g/mol. The molecular weight excluding hydrogens is 314 g/mol. The van der Waals surface area contributed by atoms with Gasteiger partial charge in [-0.05, 0) is 32.3 Å². The number of hydrogen-bond donors (Lipinski definition) is 0. The van der Waals surface area contributed by atoms with E-state index in [2.05, 4.69) is 17.2 Å². The van der Waals surface area contributed by atoms with Gasteiger partial charge in [0.1, 0.15) is 0 Å². The van der Waals surface area contributed by atoms with Crippen molar-refractivity contribution in [2.24, 2.45) is 0 Å². The molecule has 1 saturated carbocycles. The first-order chi connectivity index (χ1) is 12.1. The van der Waals surface area contributed by atoms with E-state index in [1.807, 2.05) is 41.6 Å². The van der Waals surface area contributed by atoms with E-state index in [1.54, 1.807) is 6.20 Å². The van der Waals surface area contributed by atoms with E-state index >= 15 is 0 Å². The highest BCUT2D eigenvalue weighted by Gasteiger charge is 2.35. The first-order valence-corrected chi connectivity index (χ1v) is 9.16. The first kappa shape index (κ1) is 16.3. The summed E-state index contributed by atoms with van der Waals surface area (Å²) in [5.41, 5.74) is 3.10. The lowest BCUT2D eigenvalue weighted by molar-refractivity contribution is -0.0586. The summed E-state index contributed by atoms with van der Waals surface area (Å²) in [5.74, 6) is 0.573. The van der Waals surface area contributed by atoms with Gasteiger partial charge in [0.05, 0.1) is 36.2 Å². The Kier molecular flexibility index (Phi) is 4.34. The molecule has 1 aliphatic heterocycles. The van der Waals surface area contributed by atoms with Crippen molar-refractivity contribution in [1.82, 2.24) is 14.7 Å². The molecule has 25 heavy (non-hydrogen) atoms. The van der Waals surface area contributed by atoms with Gasteiger partial charge in [-0.3, -0.25) is 9.48 Å². The Morgan fingerprint density at radius 1 is 1.16 bits per heavy atom. The van der Waals surface area contributed by atoms with Gasteiger partial charge in [0, 0.05) is 19.0 Å². The van der Waals surface area contributed by atoms with Crippen LogP contribution in [-0.4, -0.2) is 45.9 Å². The average Bonchev–Trinajstić information content (AvgIpc) is 3.35. The number of hydrogen-bond acceptors (Lipinski definition) is 3. The Morgan fingerprint density at radius 2 is 1.84 bits per heavy atom. The predicted octanol–water partition coefficient (Wildman–Crippen LogP) is 3.06. The van der Waals surface area contributed by atoms with Crippen molar-refractivity contribution in [3.05, 3.63) is 53.3 Å². The molecule has 0 spiro atoms. The minimum absolute atomic E-state index is 0.0800. The Bertz CT molecular complexity index is 742. The molecule has 2 fully saturated rings. The second-order valence-electron chi connectivity index (χ2n) is 7.33. The Labute approximate surface area is 148 Å². The fourth-order valence-electron chi connectivity index (χ4n) is 3.74. The van der Waals surface area contributed by atoms with E-state index in [0.717, 1.165) is 30.6 Å². The van der Waals surface area contributed by atoms with Crippen LogP contribution in [0.1, 0.15) is 54.2 Å². The van der Waals surface area contributed by atoms with E-state index in [-0.39, 0.29) is 18.1 Å². The van der Waals surface area contributed by atoms with Crippen LogP contribution >= 0.6 is 0 Å². The maximum absolute atomic E-state index is 13.1. The van der Waals surface area contributed by atoms with Gasteiger partial charge >= 0.3 is 0 Å². The summed E-state index contributed by atoms with van der Waals surface area (Å²) >= 11 is 0. The maximum Gasteiger partial charge on any atom is 0.257 e. The zero-order valence-electron chi connectivity index (χ0n) is 14.9. The van der Waals surface area contributed by atoms with Gasteiger partial charge in [-0.25, -0.2) is 0 Å². The Balaban J connectivity index is 1.60. The topological polar surface area (TPSA) is 47.4 Å². The molecule has 1 amide bonds. The van der Waals surface area contributed by atoms with Crippen molar-refractivity contribution in [2.45, 2.75) is 51.4 Å². The lowest BCUT2D eigenvalue weighted by Crippen LogP contribution is -2.48. The van der Waals surface area contributed by atoms with Crippen LogP contribution in [-0.2, 0) is 11.3 Å². The van der Waals surface area contributed by atoms with E-state index in [4.69, 9.17) is 4.74 Å². The summed E-state index contributed by atoms with van der Waals surface area (Å²) in [6, 6.07) is 10.3. The minimum Gasteiger partial charge on any atom is -0.372 e. The van der Waals surface area contributed by atoms with Gasteiger partial charge < -0.3 is 9.64 Å². The predicted molar refractivity (Wildman–Crippen MR) is 95.7 cm³/mol. The summed E-state index contributed by atoms with van der Waals surface area (Å²) in [6.07, 6.45) is 4.23. The van der Waals surface area contributed by atoms with Crippen LogP contribution in [0.5, 0.6) is 0 Å². The second-order valence-corrected chi connectivity index (χ2v) is 7.33. The molecule has 1 aromatic carbocycles. The lowest BCUT2D eigenvalue weighted by Gasteiger charge is -2.35. The van der Waals surface area contributed by atoms with Gasteiger partial charge in [-0.15, -0.1) is 0 Å². The fraction of sp³-hybridized carbons (Fsp3) is 0.500. The maximum atomic E-state index is 13.1.